The van der Waals surface area contributed by atoms with Crippen molar-refractivity contribution in [1.29, 1.82) is 0 Å². The second-order valence-electron chi connectivity index (χ2n) is 6.12. The topological polar surface area (TPSA) is 78.8 Å². The van der Waals surface area contributed by atoms with Crippen LogP contribution in [0.5, 0.6) is 0 Å². The van der Waals surface area contributed by atoms with Crippen molar-refractivity contribution in [1.82, 2.24) is 4.72 Å². The molecule has 1 amide bonds. The van der Waals surface area contributed by atoms with Crippen molar-refractivity contribution in [3.05, 3.63) is 59.7 Å². The maximum atomic E-state index is 12.8. The molecule has 2 heterocycles. The molecule has 128 valence electrons. The van der Waals surface area contributed by atoms with Gasteiger partial charge in [-0.25, -0.2) is 8.42 Å². The van der Waals surface area contributed by atoms with E-state index in [1.165, 1.54) is 6.07 Å². The molecule has 0 spiro atoms. The molecule has 1 atom stereocenters. The lowest BCUT2D eigenvalue weighted by Crippen LogP contribution is -2.37. The molecule has 1 N–H and O–H groups in total. The highest BCUT2D eigenvalue weighted by Crippen LogP contribution is 2.28. The van der Waals surface area contributed by atoms with Crippen LogP contribution in [0.2, 0.25) is 0 Å². The number of carbonyl (C=O) groups excluding carboxylic acids is 1. The monoisotopic (exact) mass is 355 g/mol. The Morgan fingerprint density at radius 1 is 1.16 bits per heavy atom. The van der Waals surface area contributed by atoms with Crippen molar-refractivity contribution >= 4 is 27.5 Å². The zero-order valence-electron chi connectivity index (χ0n) is 13.6. The summed E-state index contributed by atoms with van der Waals surface area (Å²) >= 11 is 0. The number of benzene rings is 2. The fourth-order valence-corrected chi connectivity index (χ4v) is 4.51. The minimum atomic E-state index is -3.60. The van der Waals surface area contributed by atoms with E-state index in [9.17, 15) is 13.2 Å². The van der Waals surface area contributed by atoms with Gasteiger partial charge in [0.05, 0.1) is 4.90 Å². The average molecular weight is 355 g/mol. The third-order valence-electron chi connectivity index (χ3n) is 4.50. The Morgan fingerprint density at radius 3 is 2.72 bits per heavy atom. The number of nitrogens with one attached hydrogen (secondary N) is 1. The number of nitrogens with zero attached hydrogens (tertiary/aromatic N) is 2. The van der Waals surface area contributed by atoms with Crippen LogP contribution in [0, 0.1) is 0 Å². The summed E-state index contributed by atoms with van der Waals surface area (Å²) in [6.07, 6.45) is 0.820. The van der Waals surface area contributed by atoms with Crippen molar-refractivity contribution in [3.8, 4) is 0 Å². The molecule has 0 saturated heterocycles. The molecule has 7 heteroatoms. The van der Waals surface area contributed by atoms with Gasteiger partial charge in [0, 0.05) is 17.8 Å². The van der Waals surface area contributed by atoms with Crippen LogP contribution in [0.1, 0.15) is 18.1 Å². The molecular formula is C18H17N3O3S. The largest absolute Gasteiger partial charge is 0.310 e. The normalized spacial score (nSPS) is 20.0. The minimum absolute atomic E-state index is 0.138. The Morgan fingerprint density at radius 2 is 1.88 bits per heavy atom. The smallest absolute Gasteiger partial charge is 0.263 e. The van der Waals surface area contributed by atoms with Gasteiger partial charge in [-0.05, 0) is 37.1 Å². The van der Waals surface area contributed by atoms with Crippen LogP contribution < -0.4 is 9.62 Å². The average Bonchev–Trinajstić information content (AvgIpc) is 3.14. The molecule has 0 bridgehead atoms. The number of para-hydroxylation sites is 1. The molecule has 0 aliphatic carbocycles. The number of aliphatic imine (C=N–C) groups is 1. The number of sulfonamides is 1. The maximum absolute atomic E-state index is 12.8. The first kappa shape index (κ1) is 15.8. The van der Waals surface area contributed by atoms with Crippen molar-refractivity contribution in [3.63, 3.8) is 0 Å². The molecule has 0 aromatic heterocycles. The number of anilines is 1. The van der Waals surface area contributed by atoms with E-state index < -0.39 is 16.1 Å². The van der Waals surface area contributed by atoms with Gasteiger partial charge < -0.3 is 4.90 Å². The van der Waals surface area contributed by atoms with E-state index in [1.54, 1.807) is 30.0 Å². The summed E-state index contributed by atoms with van der Waals surface area (Å²) in [5.41, 5.74) is 2.55. The molecule has 25 heavy (non-hydrogen) atoms. The summed E-state index contributed by atoms with van der Waals surface area (Å²) in [5, 5.41) is 0. The van der Waals surface area contributed by atoms with Gasteiger partial charge in [0.2, 0.25) is 0 Å². The number of fused-ring (bicyclic) bond motifs is 2. The zero-order chi connectivity index (χ0) is 17.6. The van der Waals surface area contributed by atoms with Gasteiger partial charge in [-0.15, -0.1) is 0 Å². The zero-order valence-corrected chi connectivity index (χ0v) is 14.5. The summed E-state index contributed by atoms with van der Waals surface area (Å²) in [5.74, 6) is 0.0879. The molecule has 2 aromatic carbocycles. The van der Waals surface area contributed by atoms with Crippen LogP contribution in [-0.2, 0) is 21.2 Å². The molecule has 2 aliphatic rings. The van der Waals surface area contributed by atoms with Gasteiger partial charge in [-0.3, -0.25) is 14.5 Å². The highest BCUT2D eigenvalue weighted by molar-refractivity contribution is 7.90. The number of amides is 1. The number of hydrogen-bond acceptors (Lipinski definition) is 4. The molecule has 1 unspecified atom stereocenters. The molecule has 4 rings (SSSR count). The Bertz CT molecular complexity index is 998. The van der Waals surface area contributed by atoms with E-state index in [2.05, 4.69) is 9.71 Å². The first-order valence-electron chi connectivity index (χ1n) is 8.07. The van der Waals surface area contributed by atoms with E-state index in [-0.39, 0.29) is 16.6 Å². The van der Waals surface area contributed by atoms with Crippen molar-refractivity contribution in [2.24, 2.45) is 4.99 Å². The number of amidine groups is 1. The summed E-state index contributed by atoms with van der Waals surface area (Å²) in [6, 6.07) is 13.8. The van der Waals surface area contributed by atoms with Crippen molar-refractivity contribution in [2.75, 3.05) is 11.4 Å². The van der Waals surface area contributed by atoms with Crippen molar-refractivity contribution < 1.29 is 13.2 Å². The minimum Gasteiger partial charge on any atom is -0.310 e. The van der Waals surface area contributed by atoms with E-state index >= 15 is 0 Å². The highest BCUT2D eigenvalue weighted by atomic mass is 32.2. The molecule has 2 aromatic rings. The fraction of sp³-hybridized carbons (Fsp3) is 0.222. The number of carbonyl (C=O) groups is 1. The molecule has 0 radical (unpaired) electrons. The van der Waals surface area contributed by atoms with Crippen LogP contribution in [-0.4, -0.2) is 32.7 Å². The van der Waals surface area contributed by atoms with E-state index in [4.69, 9.17) is 0 Å². The van der Waals surface area contributed by atoms with E-state index in [1.807, 2.05) is 24.3 Å². The third-order valence-corrected chi connectivity index (χ3v) is 5.89. The van der Waals surface area contributed by atoms with Gasteiger partial charge in [-0.1, -0.05) is 30.3 Å². The summed E-state index contributed by atoms with van der Waals surface area (Å²) in [7, 11) is -3.60. The molecular weight excluding hydrogens is 338 g/mol. The van der Waals surface area contributed by atoms with Crippen LogP contribution in [0.25, 0.3) is 0 Å². The molecule has 2 aliphatic heterocycles. The molecule has 0 saturated carbocycles. The Kier molecular flexibility index (Phi) is 3.61. The first-order chi connectivity index (χ1) is 12.0. The maximum Gasteiger partial charge on any atom is 0.263 e. The fourth-order valence-electron chi connectivity index (χ4n) is 3.27. The summed E-state index contributed by atoms with van der Waals surface area (Å²) in [6.45, 7) is 2.31. The standard InChI is InChI=1S/C18H17N3O3S/c1-12(18(22)21-11-10-13-6-2-4-8-15(13)21)19-17-14-7-3-5-9-16(14)25(23,24)20-17/h2-9,12H,10-11H2,1H3,(H,19,20). The quantitative estimate of drug-likeness (QED) is 0.891. The van der Waals surface area contributed by atoms with Crippen LogP contribution in [0.4, 0.5) is 5.69 Å². The lowest BCUT2D eigenvalue weighted by atomic mass is 10.2. The van der Waals surface area contributed by atoms with Crippen LogP contribution >= 0.6 is 0 Å². The lowest BCUT2D eigenvalue weighted by Gasteiger charge is -2.20. The second kappa shape index (κ2) is 5.70. The van der Waals surface area contributed by atoms with E-state index in [0.29, 0.717) is 12.1 Å². The van der Waals surface area contributed by atoms with Gasteiger partial charge in [0.25, 0.3) is 15.9 Å². The third kappa shape index (κ3) is 2.60. The van der Waals surface area contributed by atoms with Gasteiger partial charge in [0.1, 0.15) is 11.9 Å². The Balaban J connectivity index is 1.64. The number of hydrogen-bond donors (Lipinski definition) is 1. The van der Waals surface area contributed by atoms with Crippen molar-refractivity contribution in [2.45, 2.75) is 24.3 Å². The molecule has 6 nitrogen and oxygen atoms in total. The lowest BCUT2D eigenvalue weighted by molar-refractivity contribution is -0.119. The van der Waals surface area contributed by atoms with Crippen LogP contribution in [0.3, 0.4) is 0 Å². The summed E-state index contributed by atoms with van der Waals surface area (Å²) in [4.78, 5) is 19.1. The predicted molar refractivity (Wildman–Crippen MR) is 95.3 cm³/mol. The predicted octanol–water partition coefficient (Wildman–Crippen LogP) is 1.70. The first-order valence-corrected chi connectivity index (χ1v) is 9.55. The SMILES string of the molecule is CC(N=C1NS(=O)(=O)c2ccccc21)C(=O)N1CCc2ccccc21. The Hall–Kier alpha value is -2.67. The van der Waals surface area contributed by atoms with Gasteiger partial charge >= 0.3 is 0 Å². The Labute approximate surface area is 146 Å². The van der Waals surface area contributed by atoms with Crippen LogP contribution in [0.15, 0.2) is 58.4 Å². The van der Waals surface area contributed by atoms with Gasteiger partial charge in [-0.2, -0.15) is 0 Å². The second-order valence-corrected chi connectivity index (χ2v) is 7.77. The van der Waals surface area contributed by atoms with E-state index in [0.717, 1.165) is 17.7 Å². The molecule has 0 fully saturated rings. The number of rotatable bonds is 2. The highest BCUT2D eigenvalue weighted by Gasteiger charge is 2.33. The summed E-state index contributed by atoms with van der Waals surface area (Å²) < 4.78 is 26.7. The van der Waals surface area contributed by atoms with Gasteiger partial charge in [0.15, 0.2) is 0 Å².